The highest BCUT2D eigenvalue weighted by molar-refractivity contribution is 5.96. The second-order valence-corrected chi connectivity index (χ2v) is 4.51. The van der Waals surface area contributed by atoms with Crippen LogP contribution in [0.4, 0.5) is 13.2 Å². The van der Waals surface area contributed by atoms with Gasteiger partial charge in [-0.1, -0.05) is 6.07 Å². The number of halogens is 3. The molecule has 2 amide bonds. The molecule has 20 heavy (non-hydrogen) atoms. The van der Waals surface area contributed by atoms with E-state index in [0.29, 0.717) is 19.5 Å². The van der Waals surface area contributed by atoms with Crippen molar-refractivity contribution in [2.75, 3.05) is 19.6 Å². The molecule has 1 N–H and O–H groups in total. The molecule has 1 heterocycles. The molecule has 1 aromatic rings. The molecule has 1 fully saturated rings. The van der Waals surface area contributed by atoms with Gasteiger partial charge in [0.1, 0.15) is 0 Å². The zero-order chi connectivity index (χ0) is 14.8. The summed E-state index contributed by atoms with van der Waals surface area (Å²) in [5.74, 6) is -0.865. The zero-order valence-electron chi connectivity index (χ0n) is 10.5. The normalized spacial score (nSPS) is 16.6. The van der Waals surface area contributed by atoms with Crippen LogP contribution in [0.5, 0.6) is 0 Å². The van der Waals surface area contributed by atoms with Crippen LogP contribution in [-0.2, 0) is 11.0 Å². The van der Waals surface area contributed by atoms with Crippen molar-refractivity contribution in [3.63, 3.8) is 0 Å². The molecule has 0 radical (unpaired) electrons. The fraction of sp³-hybridized carbons (Fsp3) is 0.385. The summed E-state index contributed by atoms with van der Waals surface area (Å²) in [5.41, 5.74) is -0.933. The maximum atomic E-state index is 12.6. The van der Waals surface area contributed by atoms with Gasteiger partial charge >= 0.3 is 6.18 Å². The van der Waals surface area contributed by atoms with Crippen molar-refractivity contribution in [2.24, 2.45) is 0 Å². The second-order valence-electron chi connectivity index (χ2n) is 4.51. The van der Waals surface area contributed by atoms with Gasteiger partial charge in [0.2, 0.25) is 5.91 Å². The predicted octanol–water partition coefficient (Wildman–Crippen LogP) is 1.67. The van der Waals surface area contributed by atoms with Crippen molar-refractivity contribution in [3.8, 4) is 0 Å². The summed E-state index contributed by atoms with van der Waals surface area (Å²) in [6.07, 6.45) is -3.91. The van der Waals surface area contributed by atoms with Crippen molar-refractivity contribution in [2.45, 2.75) is 12.6 Å². The van der Waals surface area contributed by atoms with E-state index < -0.39 is 17.6 Å². The Morgan fingerprint density at radius 2 is 2.05 bits per heavy atom. The Balaban J connectivity index is 2.22. The molecule has 1 aliphatic heterocycles. The van der Waals surface area contributed by atoms with Crippen molar-refractivity contribution in [1.29, 1.82) is 0 Å². The Kier molecular flexibility index (Phi) is 3.96. The minimum absolute atomic E-state index is 0.0606. The number of hydrogen-bond donors (Lipinski definition) is 1. The van der Waals surface area contributed by atoms with Gasteiger partial charge in [-0.3, -0.25) is 9.59 Å². The van der Waals surface area contributed by atoms with Crippen molar-refractivity contribution in [3.05, 3.63) is 35.4 Å². The lowest BCUT2D eigenvalue weighted by Gasteiger charge is -2.19. The maximum Gasteiger partial charge on any atom is 0.416 e. The summed E-state index contributed by atoms with van der Waals surface area (Å²) in [6.45, 7) is 0.675. The molecule has 0 aliphatic carbocycles. The highest BCUT2D eigenvalue weighted by Crippen LogP contribution is 2.29. The Bertz CT molecular complexity index is 529. The van der Waals surface area contributed by atoms with E-state index in [1.807, 2.05) is 0 Å². The molecule has 0 saturated carbocycles. The molecule has 7 heteroatoms. The van der Waals surface area contributed by atoms with Crippen molar-refractivity contribution >= 4 is 11.8 Å². The summed E-state index contributed by atoms with van der Waals surface area (Å²) in [7, 11) is 0. The molecule has 0 bridgehead atoms. The molecule has 2 rings (SSSR count). The second kappa shape index (κ2) is 5.52. The van der Waals surface area contributed by atoms with E-state index in [9.17, 15) is 22.8 Å². The first-order valence-corrected chi connectivity index (χ1v) is 6.11. The number of carbonyl (C=O) groups is 2. The lowest BCUT2D eigenvalue weighted by Crippen LogP contribution is -2.37. The molecule has 0 unspecified atom stereocenters. The number of alkyl halides is 3. The molecule has 0 atom stereocenters. The first-order valence-electron chi connectivity index (χ1n) is 6.11. The molecular weight excluding hydrogens is 273 g/mol. The number of nitrogens with one attached hydrogen (secondary N) is 1. The third kappa shape index (κ3) is 3.28. The Morgan fingerprint density at radius 1 is 1.30 bits per heavy atom. The SMILES string of the molecule is O=C1CN(C(=O)c2cccc(C(F)(F)F)c2)CCCN1. The predicted molar refractivity (Wildman–Crippen MR) is 65.0 cm³/mol. The third-order valence-electron chi connectivity index (χ3n) is 2.99. The van der Waals surface area contributed by atoms with Crippen LogP contribution in [0.25, 0.3) is 0 Å². The summed E-state index contributed by atoms with van der Waals surface area (Å²) in [5, 5.41) is 2.60. The van der Waals surface area contributed by atoms with Gasteiger partial charge in [0.05, 0.1) is 12.1 Å². The van der Waals surface area contributed by atoms with Gasteiger partial charge in [-0.25, -0.2) is 0 Å². The topological polar surface area (TPSA) is 49.4 Å². The van der Waals surface area contributed by atoms with Crippen LogP contribution < -0.4 is 5.32 Å². The first-order chi connectivity index (χ1) is 9.38. The van der Waals surface area contributed by atoms with E-state index >= 15 is 0 Å². The van der Waals surface area contributed by atoms with Gasteiger partial charge < -0.3 is 10.2 Å². The van der Waals surface area contributed by atoms with Crippen molar-refractivity contribution in [1.82, 2.24) is 10.2 Å². The highest BCUT2D eigenvalue weighted by atomic mass is 19.4. The smallest absolute Gasteiger partial charge is 0.354 e. The van der Waals surface area contributed by atoms with E-state index in [4.69, 9.17) is 0 Å². The number of benzene rings is 1. The highest BCUT2D eigenvalue weighted by Gasteiger charge is 2.31. The van der Waals surface area contributed by atoms with Crippen LogP contribution in [0.1, 0.15) is 22.3 Å². The minimum atomic E-state index is -4.49. The van der Waals surface area contributed by atoms with Crippen LogP contribution >= 0.6 is 0 Å². The first kappa shape index (κ1) is 14.4. The number of hydrogen-bond acceptors (Lipinski definition) is 2. The Labute approximate surface area is 113 Å². The number of amides is 2. The summed E-state index contributed by atoms with van der Waals surface area (Å²) in [6, 6.07) is 4.23. The van der Waals surface area contributed by atoms with E-state index in [1.165, 1.54) is 17.0 Å². The van der Waals surface area contributed by atoms with Crippen LogP contribution in [0.2, 0.25) is 0 Å². The number of carbonyl (C=O) groups excluding carboxylic acids is 2. The van der Waals surface area contributed by atoms with E-state index in [-0.39, 0.29) is 18.0 Å². The molecule has 1 saturated heterocycles. The fourth-order valence-electron chi connectivity index (χ4n) is 1.99. The zero-order valence-corrected chi connectivity index (χ0v) is 10.5. The minimum Gasteiger partial charge on any atom is -0.354 e. The largest absolute Gasteiger partial charge is 0.416 e. The average Bonchev–Trinajstić information content (AvgIpc) is 2.62. The summed E-state index contributed by atoms with van der Waals surface area (Å²) in [4.78, 5) is 24.8. The number of rotatable bonds is 1. The van der Waals surface area contributed by atoms with Crippen LogP contribution in [-0.4, -0.2) is 36.3 Å². The van der Waals surface area contributed by atoms with E-state index in [2.05, 4.69) is 5.32 Å². The maximum absolute atomic E-state index is 12.6. The molecule has 108 valence electrons. The van der Waals surface area contributed by atoms with Crippen molar-refractivity contribution < 1.29 is 22.8 Å². The monoisotopic (exact) mass is 286 g/mol. The van der Waals surface area contributed by atoms with Gasteiger partial charge in [-0.05, 0) is 24.6 Å². The van der Waals surface area contributed by atoms with Crippen LogP contribution in [0, 0.1) is 0 Å². The molecule has 4 nitrogen and oxygen atoms in total. The van der Waals surface area contributed by atoms with Crippen LogP contribution in [0.15, 0.2) is 24.3 Å². The standard InChI is InChI=1S/C13H13F3N2O2/c14-13(15,16)10-4-1-3-9(7-10)12(20)18-6-2-5-17-11(19)8-18/h1,3-4,7H,2,5-6,8H2,(H,17,19). The Morgan fingerprint density at radius 3 is 2.75 bits per heavy atom. The van der Waals surface area contributed by atoms with Crippen LogP contribution in [0.3, 0.4) is 0 Å². The van der Waals surface area contributed by atoms with Gasteiger partial charge in [-0.15, -0.1) is 0 Å². The molecule has 0 aromatic heterocycles. The van der Waals surface area contributed by atoms with Gasteiger partial charge in [-0.2, -0.15) is 13.2 Å². The average molecular weight is 286 g/mol. The van der Waals surface area contributed by atoms with E-state index in [0.717, 1.165) is 12.1 Å². The Hall–Kier alpha value is -2.05. The fourth-order valence-corrected chi connectivity index (χ4v) is 1.99. The quantitative estimate of drug-likeness (QED) is 0.853. The van der Waals surface area contributed by atoms with Gasteiger partial charge in [0.15, 0.2) is 0 Å². The lowest BCUT2D eigenvalue weighted by molar-refractivity contribution is -0.137. The third-order valence-corrected chi connectivity index (χ3v) is 2.99. The number of nitrogens with zero attached hydrogens (tertiary/aromatic N) is 1. The summed E-state index contributed by atoms with van der Waals surface area (Å²) < 4.78 is 37.8. The van der Waals surface area contributed by atoms with Gasteiger partial charge in [0.25, 0.3) is 5.91 Å². The van der Waals surface area contributed by atoms with E-state index in [1.54, 1.807) is 0 Å². The molecule has 1 aliphatic rings. The van der Waals surface area contributed by atoms with Gasteiger partial charge in [0, 0.05) is 18.7 Å². The lowest BCUT2D eigenvalue weighted by atomic mass is 10.1. The molecular formula is C13H13F3N2O2. The summed E-state index contributed by atoms with van der Waals surface area (Å²) >= 11 is 0. The molecule has 0 spiro atoms. The molecule has 1 aromatic carbocycles.